The van der Waals surface area contributed by atoms with E-state index in [1.807, 2.05) is 40.1 Å². The molecule has 4 rings (SSSR count). The molecule has 0 saturated carbocycles. The van der Waals surface area contributed by atoms with Crippen molar-refractivity contribution in [1.82, 2.24) is 30.1 Å². The number of piperidine rings is 1. The smallest absolute Gasteiger partial charge is 0.273 e. The summed E-state index contributed by atoms with van der Waals surface area (Å²) in [6.45, 7) is 4.57. The predicted molar refractivity (Wildman–Crippen MR) is 117 cm³/mol. The standard InChI is InChI=1S/C23H30N6O3/c1-17(30)27-12-9-19(10-13-27)23(32)29-11-5-8-20(29)15-28-16-21(25-26-28)22(31)24-14-18-6-3-2-4-7-18/h2-4,6-7,16,19-20H,5,8-15H2,1H3,(H,24,31). The van der Waals surface area contributed by atoms with E-state index in [1.54, 1.807) is 17.8 Å². The topological polar surface area (TPSA) is 100 Å². The summed E-state index contributed by atoms with van der Waals surface area (Å²) in [6, 6.07) is 9.75. The molecule has 2 saturated heterocycles. The lowest BCUT2D eigenvalue weighted by molar-refractivity contribution is -0.141. The molecule has 32 heavy (non-hydrogen) atoms. The van der Waals surface area contributed by atoms with Crippen molar-refractivity contribution in [1.29, 1.82) is 0 Å². The van der Waals surface area contributed by atoms with Gasteiger partial charge in [0.05, 0.1) is 18.8 Å². The van der Waals surface area contributed by atoms with Crippen LogP contribution in [0.15, 0.2) is 36.5 Å². The SMILES string of the molecule is CC(=O)N1CCC(C(=O)N2CCCC2Cn2cc(C(=O)NCc3ccccc3)nn2)CC1. The highest BCUT2D eigenvalue weighted by atomic mass is 16.2. The van der Waals surface area contributed by atoms with E-state index < -0.39 is 0 Å². The van der Waals surface area contributed by atoms with Crippen molar-refractivity contribution in [2.45, 2.75) is 51.7 Å². The van der Waals surface area contributed by atoms with Crippen LogP contribution in [0.1, 0.15) is 48.7 Å². The summed E-state index contributed by atoms with van der Waals surface area (Å²) in [5.41, 5.74) is 1.29. The quantitative estimate of drug-likeness (QED) is 0.736. The van der Waals surface area contributed by atoms with Gasteiger partial charge in [0.2, 0.25) is 11.8 Å². The Morgan fingerprint density at radius 3 is 2.53 bits per heavy atom. The summed E-state index contributed by atoms with van der Waals surface area (Å²) >= 11 is 0. The van der Waals surface area contributed by atoms with Crippen LogP contribution in [0.25, 0.3) is 0 Å². The molecule has 2 aromatic rings. The average molecular weight is 439 g/mol. The summed E-state index contributed by atoms with van der Waals surface area (Å²) in [7, 11) is 0. The molecule has 0 spiro atoms. The maximum absolute atomic E-state index is 13.1. The van der Waals surface area contributed by atoms with E-state index in [2.05, 4.69) is 15.6 Å². The minimum Gasteiger partial charge on any atom is -0.347 e. The minimum atomic E-state index is -0.267. The number of nitrogens with zero attached hydrogens (tertiary/aromatic N) is 5. The molecule has 9 nitrogen and oxygen atoms in total. The molecule has 2 fully saturated rings. The summed E-state index contributed by atoms with van der Waals surface area (Å²) in [5, 5.41) is 11.0. The number of benzene rings is 1. The van der Waals surface area contributed by atoms with Crippen molar-refractivity contribution in [3.63, 3.8) is 0 Å². The summed E-state index contributed by atoms with van der Waals surface area (Å²) < 4.78 is 1.66. The van der Waals surface area contributed by atoms with Crippen LogP contribution < -0.4 is 5.32 Å². The van der Waals surface area contributed by atoms with Gasteiger partial charge in [-0.1, -0.05) is 35.5 Å². The second-order valence-corrected chi connectivity index (χ2v) is 8.60. The molecule has 2 aliphatic heterocycles. The van der Waals surface area contributed by atoms with E-state index in [4.69, 9.17) is 0 Å². The van der Waals surface area contributed by atoms with Gasteiger partial charge in [0, 0.05) is 39.0 Å². The lowest BCUT2D eigenvalue weighted by Crippen LogP contribution is -2.46. The summed E-state index contributed by atoms with van der Waals surface area (Å²) in [6.07, 6.45) is 4.95. The maximum Gasteiger partial charge on any atom is 0.273 e. The number of aromatic nitrogens is 3. The zero-order valence-corrected chi connectivity index (χ0v) is 18.4. The van der Waals surface area contributed by atoms with Crippen LogP contribution in [0.3, 0.4) is 0 Å². The van der Waals surface area contributed by atoms with E-state index in [1.165, 1.54) is 0 Å². The van der Waals surface area contributed by atoms with Crippen molar-refractivity contribution >= 4 is 17.7 Å². The fraction of sp³-hybridized carbons (Fsp3) is 0.522. The molecule has 170 valence electrons. The zero-order chi connectivity index (χ0) is 22.5. The van der Waals surface area contributed by atoms with Gasteiger partial charge in [-0.3, -0.25) is 14.4 Å². The number of nitrogens with one attached hydrogen (secondary N) is 1. The van der Waals surface area contributed by atoms with Crippen LogP contribution in [-0.4, -0.2) is 68.2 Å². The summed E-state index contributed by atoms with van der Waals surface area (Å²) in [5.74, 6) is -0.0423. The third-order valence-electron chi connectivity index (χ3n) is 6.41. The van der Waals surface area contributed by atoms with Crippen molar-refractivity contribution < 1.29 is 14.4 Å². The number of hydrogen-bond donors (Lipinski definition) is 1. The largest absolute Gasteiger partial charge is 0.347 e. The molecule has 9 heteroatoms. The van der Waals surface area contributed by atoms with Crippen LogP contribution in [-0.2, 0) is 22.7 Å². The molecule has 1 aromatic heterocycles. The van der Waals surface area contributed by atoms with Crippen molar-refractivity contribution in [2.75, 3.05) is 19.6 Å². The Labute approximate surface area is 187 Å². The van der Waals surface area contributed by atoms with E-state index >= 15 is 0 Å². The fourth-order valence-corrected chi connectivity index (χ4v) is 4.57. The lowest BCUT2D eigenvalue weighted by Gasteiger charge is -2.34. The highest BCUT2D eigenvalue weighted by molar-refractivity contribution is 5.91. The first-order chi connectivity index (χ1) is 15.5. The molecule has 1 aromatic carbocycles. The number of carbonyl (C=O) groups is 3. The molecule has 1 unspecified atom stereocenters. The molecule has 1 atom stereocenters. The van der Waals surface area contributed by atoms with E-state index in [-0.39, 0.29) is 35.4 Å². The molecular weight excluding hydrogens is 408 g/mol. The molecule has 2 aliphatic rings. The number of amides is 3. The minimum absolute atomic E-state index is 0.0266. The Hall–Kier alpha value is -3.23. The van der Waals surface area contributed by atoms with Gasteiger partial charge < -0.3 is 15.1 Å². The number of rotatable bonds is 6. The third-order valence-corrected chi connectivity index (χ3v) is 6.41. The van der Waals surface area contributed by atoms with Crippen LogP contribution >= 0.6 is 0 Å². The van der Waals surface area contributed by atoms with Gasteiger partial charge in [-0.05, 0) is 31.2 Å². The molecule has 0 aliphatic carbocycles. The lowest BCUT2D eigenvalue weighted by atomic mass is 9.95. The second-order valence-electron chi connectivity index (χ2n) is 8.60. The highest BCUT2D eigenvalue weighted by Gasteiger charge is 2.35. The first-order valence-corrected chi connectivity index (χ1v) is 11.3. The Morgan fingerprint density at radius 1 is 1.06 bits per heavy atom. The zero-order valence-electron chi connectivity index (χ0n) is 18.4. The van der Waals surface area contributed by atoms with Gasteiger partial charge in [-0.15, -0.1) is 5.10 Å². The fourth-order valence-electron chi connectivity index (χ4n) is 4.57. The molecule has 0 radical (unpaired) electrons. The van der Waals surface area contributed by atoms with Crippen LogP contribution in [0.4, 0.5) is 0 Å². The van der Waals surface area contributed by atoms with Gasteiger partial charge in [-0.2, -0.15) is 0 Å². The molecule has 3 heterocycles. The van der Waals surface area contributed by atoms with E-state index in [0.29, 0.717) is 26.2 Å². The predicted octanol–water partition coefficient (Wildman–Crippen LogP) is 1.46. The monoisotopic (exact) mass is 438 g/mol. The summed E-state index contributed by atoms with van der Waals surface area (Å²) in [4.78, 5) is 40.8. The number of hydrogen-bond acceptors (Lipinski definition) is 5. The van der Waals surface area contributed by atoms with E-state index in [0.717, 1.165) is 37.8 Å². The van der Waals surface area contributed by atoms with Gasteiger partial charge in [0.25, 0.3) is 5.91 Å². The third kappa shape index (κ3) is 5.15. The van der Waals surface area contributed by atoms with Gasteiger partial charge in [-0.25, -0.2) is 4.68 Å². The Kier molecular flexibility index (Phi) is 6.82. The van der Waals surface area contributed by atoms with Crippen molar-refractivity contribution in [3.8, 4) is 0 Å². The molecule has 1 N–H and O–H groups in total. The van der Waals surface area contributed by atoms with Crippen LogP contribution in [0, 0.1) is 5.92 Å². The Morgan fingerprint density at radius 2 is 1.81 bits per heavy atom. The average Bonchev–Trinajstić information content (AvgIpc) is 3.48. The number of likely N-dealkylation sites (tertiary alicyclic amines) is 2. The number of carbonyl (C=O) groups excluding carboxylic acids is 3. The second kappa shape index (κ2) is 9.93. The molecule has 0 bridgehead atoms. The van der Waals surface area contributed by atoms with Crippen LogP contribution in [0.5, 0.6) is 0 Å². The van der Waals surface area contributed by atoms with Gasteiger partial charge >= 0.3 is 0 Å². The first kappa shape index (κ1) is 22.0. The molecular formula is C23H30N6O3. The first-order valence-electron chi connectivity index (χ1n) is 11.3. The van der Waals surface area contributed by atoms with Crippen molar-refractivity contribution in [2.24, 2.45) is 5.92 Å². The maximum atomic E-state index is 13.1. The Bertz CT molecular complexity index is 952. The van der Waals surface area contributed by atoms with Crippen LogP contribution in [0.2, 0.25) is 0 Å². The Balaban J connectivity index is 1.31. The van der Waals surface area contributed by atoms with Gasteiger partial charge in [0.1, 0.15) is 0 Å². The highest BCUT2D eigenvalue weighted by Crippen LogP contribution is 2.26. The van der Waals surface area contributed by atoms with Crippen molar-refractivity contribution in [3.05, 3.63) is 47.8 Å². The molecule has 3 amide bonds. The van der Waals surface area contributed by atoms with E-state index in [9.17, 15) is 14.4 Å². The van der Waals surface area contributed by atoms with Gasteiger partial charge in [0.15, 0.2) is 5.69 Å². The normalized spacial score (nSPS) is 19.2.